The van der Waals surface area contributed by atoms with E-state index in [-0.39, 0.29) is 5.56 Å². The fraction of sp³-hybridized carbons (Fsp3) is 0.692. The van der Waals surface area contributed by atoms with Crippen LogP contribution in [0, 0.1) is 5.92 Å². The van der Waals surface area contributed by atoms with E-state index in [1.54, 1.807) is 16.9 Å². The third kappa shape index (κ3) is 3.10. The summed E-state index contributed by atoms with van der Waals surface area (Å²) < 4.78 is 1.59. The van der Waals surface area contributed by atoms with Gasteiger partial charge in [-0.1, -0.05) is 0 Å². The van der Waals surface area contributed by atoms with Crippen molar-refractivity contribution in [2.75, 3.05) is 31.6 Å². The third-order valence-electron chi connectivity index (χ3n) is 3.60. The van der Waals surface area contributed by atoms with Crippen LogP contribution in [0.25, 0.3) is 0 Å². The molecule has 2 rings (SSSR count). The van der Waals surface area contributed by atoms with E-state index < -0.39 is 0 Å². The van der Waals surface area contributed by atoms with E-state index in [2.05, 4.69) is 17.3 Å². The van der Waals surface area contributed by atoms with Gasteiger partial charge < -0.3 is 10.2 Å². The lowest BCUT2D eigenvalue weighted by Gasteiger charge is -2.23. The molecule has 1 N–H and O–H groups in total. The highest BCUT2D eigenvalue weighted by atomic mass is 16.1. The first-order valence-electron chi connectivity index (χ1n) is 6.69. The molecule has 2 heterocycles. The predicted octanol–water partition coefficient (Wildman–Crippen LogP) is 0.699. The minimum absolute atomic E-state index is 0.00151. The molecule has 0 spiro atoms. The highest BCUT2D eigenvalue weighted by Gasteiger charge is 2.14. The largest absolute Gasteiger partial charge is 0.373 e. The smallest absolute Gasteiger partial charge is 0.268 e. The van der Waals surface area contributed by atoms with Gasteiger partial charge in [-0.3, -0.25) is 4.79 Å². The molecule has 1 aromatic rings. The molecule has 1 aliphatic heterocycles. The number of nitrogens with one attached hydrogen (secondary N) is 1. The molecule has 0 saturated carbocycles. The number of rotatable bonds is 4. The Morgan fingerprint density at radius 2 is 2.44 bits per heavy atom. The monoisotopic (exact) mass is 250 g/mol. The fourth-order valence-corrected chi connectivity index (χ4v) is 2.28. The van der Waals surface area contributed by atoms with Crippen LogP contribution in [-0.4, -0.2) is 36.5 Å². The summed E-state index contributed by atoms with van der Waals surface area (Å²) in [4.78, 5) is 14.0. The second-order valence-electron chi connectivity index (χ2n) is 4.96. The molecule has 1 saturated heterocycles. The highest BCUT2D eigenvalue weighted by Crippen LogP contribution is 2.12. The molecule has 5 heteroatoms. The molecule has 5 nitrogen and oxygen atoms in total. The second-order valence-corrected chi connectivity index (χ2v) is 4.96. The quantitative estimate of drug-likeness (QED) is 0.854. The molecule has 1 fully saturated rings. The Hall–Kier alpha value is -1.36. The lowest BCUT2D eigenvalue weighted by Crippen LogP contribution is -2.35. The van der Waals surface area contributed by atoms with Crippen molar-refractivity contribution < 1.29 is 0 Å². The Kier molecular flexibility index (Phi) is 4.36. The van der Waals surface area contributed by atoms with Gasteiger partial charge in [0.2, 0.25) is 0 Å². The summed E-state index contributed by atoms with van der Waals surface area (Å²) >= 11 is 0. The fourth-order valence-electron chi connectivity index (χ4n) is 2.28. The van der Waals surface area contributed by atoms with Gasteiger partial charge in [-0.15, -0.1) is 0 Å². The number of aromatic nitrogens is 2. The molecule has 1 unspecified atom stereocenters. The van der Waals surface area contributed by atoms with Gasteiger partial charge in [0.05, 0.1) is 11.9 Å². The van der Waals surface area contributed by atoms with E-state index >= 15 is 0 Å². The van der Waals surface area contributed by atoms with E-state index in [1.165, 1.54) is 12.8 Å². The predicted molar refractivity (Wildman–Crippen MR) is 73.0 cm³/mol. The lowest BCUT2D eigenvalue weighted by atomic mass is 10.00. The van der Waals surface area contributed by atoms with Crippen LogP contribution >= 0.6 is 0 Å². The van der Waals surface area contributed by atoms with E-state index in [4.69, 9.17) is 0 Å². The topological polar surface area (TPSA) is 50.2 Å². The molecule has 0 aliphatic carbocycles. The van der Waals surface area contributed by atoms with Gasteiger partial charge in [0.15, 0.2) is 0 Å². The number of piperidine rings is 1. The highest BCUT2D eigenvalue weighted by molar-refractivity contribution is 5.41. The van der Waals surface area contributed by atoms with Crippen LogP contribution in [0.4, 0.5) is 5.69 Å². The van der Waals surface area contributed by atoms with E-state index in [9.17, 15) is 4.79 Å². The Balaban J connectivity index is 2.07. The Bertz CT molecular complexity index is 437. The first-order chi connectivity index (χ1) is 8.70. The van der Waals surface area contributed by atoms with Crippen LogP contribution in [0.3, 0.4) is 0 Å². The van der Waals surface area contributed by atoms with Crippen LogP contribution in [0.1, 0.15) is 19.8 Å². The van der Waals surface area contributed by atoms with Crippen molar-refractivity contribution in [1.82, 2.24) is 15.1 Å². The standard InChI is InChI=1S/C13H22N4O/c1-3-16(2)12-7-13(18)17(15-9-12)10-11-5-4-6-14-8-11/h7,9,11,14H,3-6,8,10H2,1-2H3. The maximum absolute atomic E-state index is 12.0. The third-order valence-corrected chi connectivity index (χ3v) is 3.60. The van der Waals surface area contributed by atoms with Crippen LogP contribution in [0.15, 0.2) is 17.1 Å². The normalized spacial score (nSPS) is 19.8. The van der Waals surface area contributed by atoms with Crippen molar-refractivity contribution in [1.29, 1.82) is 0 Å². The first kappa shape index (κ1) is 13.1. The minimum atomic E-state index is -0.00151. The summed E-state index contributed by atoms with van der Waals surface area (Å²) in [5.41, 5.74) is 0.888. The minimum Gasteiger partial charge on any atom is -0.373 e. The molecular formula is C13H22N4O. The van der Waals surface area contributed by atoms with E-state index in [0.29, 0.717) is 5.92 Å². The molecule has 0 bridgehead atoms. The number of anilines is 1. The zero-order chi connectivity index (χ0) is 13.0. The van der Waals surface area contributed by atoms with Crippen molar-refractivity contribution in [3.8, 4) is 0 Å². The maximum Gasteiger partial charge on any atom is 0.268 e. The first-order valence-corrected chi connectivity index (χ1v) is 6.69. The number of hydrogen-bond acceptors (Lipinski definition) is 4. The molecule has 18 heavy (non-hydrogen) atoms. The second kappa shape index (κ2) is 6.00. The van der Waals surface area contributed by atoms with Crippen molar-refractivity contribution in [2.45, 2.75) is 26.3 Å². The molecule has 0 radical (unpaired) electrons. The Morgan fingerprint density at radius 1 is 1.61 bits per heavy atom. The molecule has 1 aromatic heterocycles. The zero-order valence-electron chi connectivity index (χ0n) is 11.2. The van der Waals surface area contributed by atoms with Gasteiger partial charge in [0.1, 0.15) is 0 Å². The van der Waals surface area contributed by atoms with Gasteiger partial charge >= 0.3 is 0 Å². The maximum atomic E-state index is 12.0. The van der Waals surface area contributed by atoms with Crippen molar-refractivity contribution in [2.24, 2.45) is 5.92 Å². The van der Waals surface area contributed by atoms with Crippen molar-refractivity contribution >= 4 is 5.69 Å². The average molecular weight is 250 g/mol. The van der Waals surface area contributed by atoms with E-state index in [0.717, 1.165) is 31.9 Å². The molecule has 100 valence electrons. The lowest BCUT2D eigenvalue weighted by molar-refractivity contribution is 0.319. The SMILES string of the molecule is CCN(C)c1cnn(CC2CCCNC2)c(=O)c1. The van der Waals surface area contributed by atoms with Gasteiger partial charge in [-0.25, -0.2) is 4.68 Å². The van der Waals surface area contributed by atoms with Crippen LogP contribution in [0.5, 0.6) is 0 Å². The average Bonchev–Trinajstić information content (AvgIpc) is 2.41. The van der Waals surface area contributed by atoms with Gasteiger partial charge in [0, 0.05) is 26.2 Å². The molecule has 0 amide bonds. The van der Waals surface area contributed by atoms with Crippen LogP contribution in [-0.2, 0) is 6.54 Å². The van der Waals surface area contributed by atoms with Crippen LogP contribution in [0.2, 0.25) is 0 Å². The zero-order valence-corrected chi connectivity index (χ0v) is 11.2. The van der Waals surface area contributed by atoms with Gasteiger partial charge in [-0.05, 0) is 38.8 Å². The summed E-state index contributed by atoms with van der Waals surface area (Å²) in [7, 11) is 1.96. The van der Waals surface area contributed by atoms with Crippen LogP contribution < -0.4 is 15.8 Å². The van der Waals surface area contributed by atoms with E-state index in [1.807, 2.05) is 11.9 Å². The number of nitrogens with zero attached hydrogens (tertiary/aromatic N) is 3. The summed E-state index contributed by atoms with van der Waals surface area (Å²) in [5, 5.41) is 7.64. The summed E-state index contributed by atoms with van der Waals surface area (Å²) in [5.74, 6) is 0.527. The molecule has 1 atom stereocenters. The van der Waals surface area contributed by atoms with Crippen molar-refractivity contribution in [3.05, 3.63) is 22.6 Å². The summed E-state index contributed by atoms with van der Waals surface area (Å²) in [6.07, 6.45) is 4.15. The molecule has 1 aliphatic rings. The molecular weight excluding hydrogens is 228 g/mol. The molecule has 0 aromatic carbocycles. The Labute approximate surface area is 108 Å². The van der Waals surface area contributed by atoms with Gasteiger partial charge in [0.25, 0.3) is 5.56 Å². The number of hydrogen-bond donors (Lipinski definition) is 1. The Morgan fingerprint density at radius 3 is 3.06 bits per heavy atom. The summed E-state index contributed by atoms with van der Waals surface area (Å²) in [6.45, 7) is 5.74. The van der Waals surface area contributed by atoms with Gasteiger partial charge in [-0.2, -0.15) is 5.10 Å². The van der Waals surface area contributed by atoms with Crippen molar-refractivity contribution in [3.63, 3.8) is 0 Å². The summed E-state index contributed by atoms with van der Waals surface area (Å²) in [6, 6.07) is 1.67.